The Morgan fingerprint density at radius 1 is 1.18 bits per heavy atom. The first-order chi connectivity index (χ1) is 8.22. The van der Waals surface area contributed by atoms with Crippen molar-refractivity contribution in [2.24, 2.45) is 5.92 Å². The number of ether oxygens (including phenoxy) is 4. The molecule has 2 saturated heterocycles. The Balaban J connectivity index is 1.93. The molecule has 5 heteroatoms. The second-order valence-electron chi connectivity index (χ2n) is 4.79. The van der Waals surface area contributed by atoms with Crippen LogP contribution in [0.15, 0.2) is 0 Å². The summed E-state index contributed by atoms with van der Waals surface area (Å²) in [6.45, 7) is 6.54. The van der Waals surface area contributed by atoms with Crippen molar-refractivity contribution in [3.05, 3.63) is 0 Å². The highest BCUT2D eigenvalue weighted by Gasteiger charge is 2.35. The van der Waals surface area contributed by atoms with Crippen molar-refractivity contribution in [2.45, 2.75) is 45.0 Å². The molecule has 0 bridgehead atoms. The predicted molar refractivity (Wildman–Crippen MR) is 62.6 cm³/mol. The third-order valence-electron chi connectivity index (χ3n) is 3.49. The van der Waals surface area contributed by atoms with Gasteiger partial charge in [0.25, 0.3) is 0 Å². The summed E-state index contributed by atoms with van der Waals surface area (Å²) in [6.07, 6.45) is 0.733. The molecular weight excluding hydrogens is 222 g/mol. The van der Waals surface area contributed by atoms with Gasteiger partial charge in [-0.2, -0.15) is 0 Å². The molecule has 2 aliphatic heterocycles. The second kappa shape index (κ2) is 6.11. The van der Waals surface area contributed by atoms with Crippen LogP contribution in [0, 0.1) is 5.92 Å². The Labute approximate surface area is 103 Å². The van der Waals surface area contributed by atoms with Crippen molar-refractivity contribution < 1.29 is 18.9 Å². The number of methoxy groups -OCH3 is 1. The number of nitrogens with one attached hydrogen (secondary N) is 1. The van der Waals surface area contributed by atoms with Crippen LogP contribution in [0.25, 0.3) is 0 Å². The van der Waals surface area contributed by atoms with E-state index in [1.807, 2.05) is 0 Å². The number of hydrogen-bond acceptors (Lipinski definition) is 5. The van der Waals surface area contributed by atoms with E-state index in [9.17, 15) is 0 Å². The van der Waals surface area contributed by atoms with Crippen LogP contribution < -0.4 is 5.32 Å². The number of morpholine rings is 1. The molecule has 0 amide bonds. The molecule has 100 valence electrons. The Hall–Kier alpha value is -0.200. The molecule has 0 aromatic carbocycles. The first-order valence-corrected chi connectivity index (χ1v) is 6.37. The summed E-state index contributed by atoms with van der Waals surface area (Å²) in [5.74, 6) is 0.500. The maximum atomic E-state index is 6.07. The van der Waals surface area contributed by atoms with Crippen LogP contribution in [0.4, 0.5) is 0 Å². The normalized spacial score (nSPS) is 43.6. The van der Waals surface area contributed by atoms with Gasteiger partial charge in [0.2, 0.25) is 0 Å². The minimum Gasteiger partial charge on any atom is -0.376 e. The highest BCUT2D eigenvalue weighted by molar-refractivity contribution is 4.80. The molecule has 0 aliphatic carbocycles. The Morgan fingerprint density at radius 2 is 2.00 bits per heavy atom. The van der Waals surface area contributed by atoms with Gasteiger partial charge >= 0.3 is 0 Å². The minimum atomic E-state index is -0.329. The molecule has 0 saturated carbocycles. The molecule has 1 N–H and O–H groups in total. The van der Waals surface area contributed by atoms with Crippen LogP contribution >= 0.6 is 0 Å². The summed E-state index contributed by atoms with van der Waals surface area (Å²) in [6, 6.07) is 0. The molecule has 17 heavy (non-hydrogen) atoms. The summed E-state index contributed by atoms with van der Waals surface area (Å²) < 4.78 is 22.5. The molecule has 0 radical (unpaired) electrons. The SMILES string of the molecule is CO[C@H]1OCCN[C@@H]1OC1C(C)CCO[C@H]1C. The summed E-state index contributed by atoms with van der Waals surface area (Å²) in [5.41, 5.74) is 0. The quantitative estimate of drug-likeness (QED) is 0.794. The lowest BCUT2D eigenvalue weighted by Gasteiger charge is -2.40. The Bertz CT molecular complexity index is 229. The standard InChI is InChI=1S/C12H23NO4/c1-8-4-6-15-9(2)10(8)17-11-12(14-3)16-7-5-13-11/h8-13H,4-7H2,1-3H3/t8?,9-,10?,11+,12-/m0/s1. The fraction of sp³-hybridized carbons (Fsp3) is 1.00. The summed E-state index contributed by atoms with van der Waals surface area (Å²) in [4.78, 5) is 0. The molecule has 2 aliphatic rings. The van der Waals surface area contributed by atoms with Gasteiger partial charge in [-0.05, 0) is 19.3 Å². The van der Waals surface area contributed by atoms with Crippen LogP contribution in [0.2, 0.25) is 0 Å². The minimum absolute atomic E-state index is 0.0978. The van der Waals surface area contributed by atoms with Gasteiger partial charge in [0.1, 0.15) is 0 Å². The zero-order valence-electron chi connectivity index (χ0n) is 10.8. The van der Waals surface area contributed by atoms with Gasteiger partial charge in [-0.3, -0.25) is 5.32 Å². The molecular formula is C12H23NO4. The Morgan fingerprint density at radius 3 is 2.71 bits per heavy atom. The van der Waals surface area contributed by atoms with Crippen molar-refractivity contribution in [1.82, 2.24) is 5.32 Å². The largest absolute Gasteiger partial charge is 0.376 e. The van der Waals surface area contributed by atoms with Gasteiger partial charge in [0, 0.05) is 20.3 Å². The average Bonchev–Trinajstić information content (AvgIpc) is 2.34. The highest BCUT2D eigenvalue weighted by Crippen LogP contribution is 2.25. The van der Waals surface area contributed by atoms with Crippen molar-refractivity contribution in [2.75, 3.05) is 26.9 Å². The summed E-state index contributed by atoms with van der Waals surface area (Å²) >= 11 is 0. The third kappa shape index (κ3) is 3.17. The van der Waals surface area contributed by atoms with Gasteiger partial charge in [0.05, 0.1) is 18.8 Å². The summed E-state index contributed by atoms with van der Waals surface area (Å²) in [5, 5.41) is 3.28. The molecule has 2 heterocycles. The van der Waals surface area contributed by atoms with Gasteiger partial charge in [0.15, 0.2) is 12.5 Å². The van der Waals surface area contributed by atoms with E-state index in [1.165, 1.54) is 0 Å². The van der Waals surface area contributed by atoms with Crippen LogP contribution in [-0.2, 0) is 18.9 Å². The fourth-order valence-corrected chi connectivity index (χ4v) is 2.44. The van der Waals surface area contributed by atoms with E-state index < -0.39 is 0 Å². The van der Waals surface area contributed by atoms with E-state index in [2.05, 4.69) is 19.2 Å². The first kappa shape index (κ1) is 13.2. The molecule has 2 unspecified atom stereocenters. The average molecular weight is 245 g/mol. The third-order valence-corrected chi connectivity index (χ3v) is 3.49. The highest BCUT2D eigenvalue weighted by atomic mass is 16.7. The van der Waals surface area contributed by atoms with E-state index in [0.717, 1.165) is 19.6 Å². The molecule has 0 aromatic heterocycles. The van der Waals surface area contributed by atoms with E-state index >= 15 is 0 Å². The molecule has 0 spiro atoms. The van der Waals surface area contributed by atoms with Crippen LogP contribution in [0.1, 0.15) is 20.3 Å². The lowest BCUT2D eigenvalue weighted by Crippen LogP contribution is -2.55. The van der Waals surface area contributed by atoms with E-state index in [1.54, 1.807) is 7.11 Å². The van der Waals surface area contributed by atoms with Crippen molar-refractivity contribution in [3.8, 4) is 0 Å². The smallest absolute Gasteiger partial charge is 0.197 e. The lowest BCUT2D eigenvalue weighted by molar-refractivity contribution is -0.255. The monoisotopic (exact) mass is 245 g/mol. The maximum absolute atomic E-state index is 6.07. The zero-order chi connectivity index (χ0) is 12.3. The zero-order valence-corrected chi connectivity index (χ0v) is 10.8. The van der Waals surface area contributed by atoms with E-state index in [4.69, 9.17) is 18.9 Å². The lowest BCUT2D eigenvalue weighted by atomic mass is 9.94. The van der Waals surface area contributed by atoms with Crippen molar-refractivity contribution >= 4 is 0 Å². The van der Waals surface area contributed by atoms with Crippen LogP contribution in [-0.4, -0.2) is 51.6 Å². The number of hydrogen-bond donors (Lipinski definition) is 1. The van der Waals surface area contributed by atoms with Gasteiger partial charge < -0.3 is 18.9 Å². The van der Waals surface area contributed by atoms with Crippen molar-refractivity contribution in [3.63, 3.8) is 0 Å². The molecule has 2 rings (SSSR count). The molecule has 0 aromatic rings. The molecule has 2 fully saturated rings. The van der Waals surface area contributed by atoms with Crippen molar-refractivity contribution in [1.29, 1.82) is 0 Å². The fourth-order valence-electron chi connectivity index (χ4n) is 2.44. The molecule has 5 atom stereocenters. The number of rotatable bonds is 3. The van der Waals surface area contributed by atoms with Crippen LogP contribution in [0.5, 0.6) is 0 Å². The topological polar surface area (TPSA) is 49.0 Å². The van der Waals surface area contributed by atoms with E-state index in [-0.39, 0.29) is 24.7 Å². The van der Waals surface area contributed by atoms with Gasteiger partial charge in [-0.25, -0.2) is 0 Å². The second-order valence-corrected chi connectivity index (χ2v) is 4.79. The predicted octanol–water partition coefficient (Wildman–Crippen LogP) is 0.735. The Kier molecular flexibility index (Phi) is 4.76. The van der Waals surface area contributed by atoms with Gasteiger partial charge in [-0.15, -0.1) is 0 Å². The maximum Gasteiger partial charge on any atom is 0.197 e. The van der Waals surface area contributed by atoms with E-state index in [0.29, 0.717) is 12.5 Å². The summed E-state index contributed by atoms with van der Waals surface area (Å²) in [7, 11) is 1.64. The first-order valence-electron chi connectivity index (χ1n) is 6.37. The van der Waals surface area contributed by atoms with Crippen LogP contribution in [0.3, 0.4) is 0 Å². The van der Waals surface area contributed by atoms with Gasteiger partial charge in [-0.1, -0.05) is 6.92 Å². The molecule has 5 nitrogen and oxygen atoms in total.